The monoisotopic (exact) mass is 862 g/mol. The number of nitrogens with one attached hydrogen (secondary N) is 1. The van der Waals surface area contributed by atoms with Crippen LogP contribution in [0.4, 0.5) is 17.1 Å². The van der Waals surface area contributed by atoms with Crippen LogP contribution < -0.4 is 10.2 Å². The van der Waals surface area contributed by atoms with Gasteiger partial charge in [-0.1, -0.05) is 62.4 Å². The van der Waals surface area contributed by atoms with Crippen LogP contribution in [0.25, 0.3) is 21.5 Å². The summed E-state index contributed by atoms with van der Waals surface area (Å²) in [7, 11) is -6.70. The Hall–Kier alpha value is -5.93. The first kappa shape index (κ1) is 43.2. The smallest absolute Gasteiger partial charge is 0.335 e. The molecule has 0 saturated carbocycles. The van der Waals surface area contributed by atoms with Crippen molar-refractivity contribution in [3.05, 3.63) is 143 Å². The molecule has 5 aromatic carbocycles. The van der Waals surface area contributed by atoms with E-state index in [1.807, 2.05) is 72.3 Å². The van der Waals surface area contributed by atoms with Gasteiger partial charge in [-0.05, 0) is 114 Å². The van der Waals surface area contributed by atoms with Crippen molar-refractivity contribution in [2.45, 2.75) is 62.7 Å². The van der Waals surface area contributed by atoms with E-state index in [1.165, 1.54) is 36.4 Å². The summed E-state index contributed by atoms with van der Waals surface area (Å²) in [6.07, 6.45) is 8.52. The Bertz CT molecular complexity index is 2980. The fourth-order valence-corrected chi connectivity index (χ4v) is 9.83. The van der Waals surface area contributed by atoms with Gasteiger partial charge in [0.2, 0.25) is 11.6 Å². The van der Waals surface area contributed by atoms with E-state index in [-0.39, 0.29) is 29.2 Å². The van der Waals surface area contributed by atoms with Crippen molar-refractivity contribution in [2.24, 2.45) is 0 Å². The average molecular weight is 863 g/mol. The first-order chi connectivity index (χ1) is 28.7. The van der Waals surface area contributed by atoms with Gasteiger partial charge in [0.1, 0.15) is 7.05 Å². The molecule has 0 unspecified atom stereocenters. The largest absolute Gasteiger partial charge is 0.478 e. The van der Waals surface area contributed by atoms with Gasteiger partial charge in [0.25, 0.3) is 20.2 Å². The highest BCUT2D eigenvalue weighted by atomic mass is 32.2. The lowest BCUT2D eigenvalue weighted by Gasteiger charge is -2.27. The standard InChI is InChI=1S/C47H47N3O9S2/c1-46(2)40(49(5)38-22-17-32-16-21-35(61(57,58)59)29-37(32)44(38)46)24-11-30(13-26-42(51)48-34-19-14-33(15-20-34)45(52)53)12-25-41-47(3,4)43-36-10-7-6-9-31(36)18-23-39(43)50(41)27-8-28-60(54,55)56/h6-7,9-12,14-25,29H,8,13,26-28H2,1-5H3,(H3-,48,51,52,53,54,55,56,57,58,59)/p+1. The number of allylic oxidation sites excluding steroid dienone is 6. The fraction of sp³-hybridized carbons (Fsp3) is 0.255. The molecule has 0 saturated heterocycles. The van der Waals surface area contributed by atoms with Gasteiger partial charge in [-0.15, -0.1) is 0 Å². The van der Waals surface area contributed by atoms with Crippen molar-refractivity contribution >= 4 is 76.4 Å². The first-order valence-corrected chi connectivity index (χ1v) is 22.9. The summed E-state index contributed by atoms with van der Waals surface area (Å²) in [4.78, 5) is 26.6. The summed E-state index contributed by atoms with van der Waals surface area (Å²) in [5.74, 6) is -1.74. The minimum Gasteiger partial charge on any atom is -0.478 e. The fourth-order valence-electron chi connectivity index (χ4n) is 8.83. The van der Waals surface area contributed by atoms with Crippen LogP contribution in [0.15, 0.2) is 131 Å². The number of anilines is 2. The van der Waals surface area contributed by atoms with Crippen LogP contribution in [0.5, 0.6) is 0 Å². The number of rotatable bonds is 13. The minimum absolute atomic E-state index is 0.0875. The molecule has 2 heterocycles. The van der Waals surface area contributed by atoms with Crippen molar-refractivity contribution in [3.63, 3.8) is 0 Å². The molecule has 0 radical (unpaired) electrons. The number of hydrogen-bond donors (Lipinski definition) is 4. The van der Waals surface area contributed by atoms with Crippen LogP contribution in [0.1, 0.15) is 68.4 Å². The van der Waals surface area contributed by atoms with Gasteiger partial charge in [0, 0.05) is 53.2 Å². The number of carbonyl (C=O) groups excluding carboxylic acids is 1. The van der Waals surface area contributed by atoms with E-state index in [0.717, 1.165) is 55.6 Å². The number of benzene rings is 5. The predicted octanol–water partition coefficient (Wildman–Crippen LogP) is 8.81. The molecule has 0 aromatic heterocycles. The maximum atomic E-state index is 13.4. The molecule has 12 nitrogen and oxygen atoms in total. The molecular formula is C47H48N3O9S2+. The molecule has 0 spiro atoms. The average Bonchev–Trinajstić information content (AvgIpc) is 3.53. The zero-order valence-corrected chi connectivity index (χ0v) is 36.1. The molecular weight excluding hydrogens is 815 g/mol. The molecule has 2 aliphatic heterocycles. The van der Waals surface area contributed by atoms with Crippen molar-refractivity contribution in [1.82, 2.24) is 0 Å². The van der Waals surface area contributed by atoms with E-state index < -0.39 is 42.8 Å². The van der Waals surface area contributed by atoms with Gasteiger partial charge in [-0.2, -0.15) is 21.4 Å². The number of carboxylic acid groups (broad SMARTS) is 1. The predicted molar refractivity (Wildman–Crippen MR) is 240 cm³/mol. The maximum Gasteiger partial charge on any atom is 0.335 e. The van der Waals surface area contributed by atoms with Crippen LogP contribution in [0.2, 0.25) is 0 Å². The van der Waals surface area contributed by atoms with Gasteiger partial charge < -0.3 is 15.3 Å². The van der Waals surface area contributed by atoms with Gasteiger partial charge >= 0.3 is 5.97 Å². The number of carboxylic acids is 1. The third-order valence-electron chi connectivity index (χ3n) is 11.8. The lowest BCUT2D eigenvalue weighted by Crippen LogP contribution is -2.28. The molecule has 5 aromatic rings. The summed E-state index contributed by atoms with van der Waals surface area (Å²) < 4.78 is 69.4. The molecule has 316 valence electrons. The number of carbonyl (C=O) groups is 2. The number of nitrogens with zero attached hydrogens (tertiary/aromatic N) is 2. The van der Waals surface area contributed by atoms with Crippen molar-refractivity contribution in [3.8, 4) is 0 Å². The topological polar surface area (TPSA) is 181 Å². The van der Waals surface area contributed by atoms with Crippen LogP contribution in [0, 0.1) is 0 Å². The van der Waals surface area contributed by atoms with Crippen molar-refractivity contribution < 1.29 is 45.2 Å². The highest BCUT2D eigenvalue weighted by molar-refractivity contribution is 7.86. The Balaban J connectivity index is 1.29. The SMILES string of the molecule is C[N+]1=C(C=CC(=CC=C2N(CCCS(=O)(=O)O)c3ccc4ccccc4c3C2(C)C)CCC(=O)Nc2ccc(C(=O)O)cc2)C(C)(C)c2c1ccc1ccc(S(=O)(=O)O)cc21. The summed E-state index contributed by atoms with van der Waals surface area (Å²) in [5.41, 5.74) is 5.82. The molecule has 0 atom stereocenters. The zero-order valence-electron chi connectivity index (χ0n) is 34.5. The normalized spacial score (nSPS) is 16.8. The third-order valence-corrected chi connectivity index (χ3v) is 13.4. The summed E-state index contributed by atoms with van der Waals surface area (Å²) in [6, 6.07) is 26.6. The Kier molecular flexibility index (Phi) is 11.4. The molecule has 0 bridgehead atoms. The Morgan fingerprint density at radius 3 is 2.16 bits per heavy atom. The first-order valence-electron chi connectivity index (χ1n) is 19.8. The van der Waals surface area contributed by atoms with Gasteiger partial charge in [-0.3, -0.25) is 13.9 Å². The highest BCUT2D eigenvalue weighted by Gasteiger charge is 2.45. The van der Waals surface area contributed by atoms with Crippen molar-refractivity contribution in [2.75, 3.05) is 29.6 Å². The second kappa shape index (κ2) is 16.2. The number of hydrogen-bond acceptors (Lipinski definition) is 7. The zero-order chi connectivity index (χ0) is 44.1. The summed E-state index contributed by atoms with van der Waals surface area (Å²) in [6.45, 7) is 8.68. The second-order valence-electron chi connectivity index (χ2n) is 16.5. The van der Waals surface area contributed by atoms with Gasteiger partial charge in [-0.25, -0.2) is 4.79 Å². The summed E-state index contributed by atoms with van der Waals surface area (Å²) >= 11 is 0. The molecule has 14 heteroatoms. The van der Waals surface area contributed by atoms with E-state index in [4.69, 9.17) is 0 Å². The lowest BCUT2D eigenvalue weighted by atomic mass is 9.79. The van der Waals surface area contributed by atoms with Gasteiger partial charge in [0.05, 0.1) is 21.6 Å². The van der Waals surface area contributed by atoms with E-state index >= 15 is 0 Å². The number of aromatic carboxylic acids is 1. The molecule has 1 amide bonds. The van der Waals surface area contributed by atoms with E-state index in [0.29, 0.717) is 24.0 Å². The number of fused-ring (bicyclic) bond motifs is 6. The van der Waals surface area contributed by atoms with E-state index in [2.05, 4.69) is 50.0 Å². The van der Waals surface area contributed by atoms with Crippen LogP contribution in [-0.2, 0) is 35.9 Å². The minimum atomic E-state index is -4.45. The molecule has 61 heavy (non-hydrogen) atoms. The Morgan fingerprint density at radius 1 is 0.803 bits per heavy atom. The molecule has 2 aliphatic rings. The Labute approximate surface area is 355 Å². The molecule has 0 fully saturated rings. The van der Waals surface area contributed by atoms with Crippen molar-refractivity contribution in [1.29, 1.82) is 0 Å². The highest BCUT2D eigenvalue weighted by Crippen LogP contribution is 2.51. The van der Waals surface area contributed by atoms with E-state index in [9.17, 15) is 40.6 Å². The third kappa shape index (κ3) is 8.67. The van der Waals surface area contributed by atoms with Crippen LogP contribution in [-0.4, -0.2) is 72.6 Å². The molecule has 7 rings (SSSR count). The molecule has 0 aliphatic carbocycles. The second-order valence-corrected chi connectivity index (χ2v) is 19.5. The van der Waals surface area contributed by atoms with Crippen LogP contribution >= 0.6 is 0 Å². The Morgan fingerprint density at radius 2 is 1.48 bits per heavy atom. The summed E-state index contributed by atoms with van der Waals surface area (Å²) in [5, 5.41) is 15.8. The quantitative estimate of drug-likeness (QED) is 0.0507. The van der Waals surface area contributed by atoms with E-state index in [1.54, 1.807) is 6.07 Å². The maximum absolute atomic E-state index is 13.4. The molecule has 4 N–H and O–H groups in total. The lowest BCUT2D eigenvalue weighted by molar-refractivity contribution is -0.401. The number of amides is 1. The van der Waals surface area contributed by atoms with Crippen LogP contribution in [0.3, 0.4) is 0 Å². The van der Waals surface area contributed by atoms with Gasteiger partial charge in [0.15, 0.2) is 5.71 Å².